The highest BCUT2D eigenvalue weighted by Gasteiger charge is 2.29. The number of thioether (sulfide) groups is 1. The molecular weight excluding hydrogens is 303 g/mol. The Morgan fingerprint density at radius 1 is 1.43 bits per heavy atom. The minimum Gasteiger partial charge on any atom is -0.372 e. The lowest BCUT2D eigenvalue weighted by Gasteiger charge is -2.39. The Morgan fingerprint density at radius 2 is 2.14 bits per heavy atom. The molecule has 21 heavy (non-hydrogen) atoms. The molecule has 124 valence electrons. The lowest BCUT2D eigenvalue weighted by Crippen LogP contribution is -2.51. The molecule has 1 aliphatic rings. The van der Waals surface area contributed by atoms with E-state index in [1.54, 1.807) is 7.05 Å². The average Bonchev–Trinajstić information content (AvgIpc) is 2.35. The molecule has 1 saturated heterocycles. The minimum absolute atomic E-state index is 0.0881. The van der Waals surface area contributed by atoms with Gasteiger partial charge in [-0.05, 0) is 20.3 Å². The predicted octanol–water partition coefficient (Wildman–Crippen LogP) is 2.36. The second kappa shape index (κ2) is 8.12. The molecule has 0 spiro atoms. The number of halogens is 3. The Labute approximate surface area is 128 Å². The molecule has 1 N–H and O–H groups in total. The summed E-state index contributed by atoms with van der Waals surface area (Å²) in [4.78, 5) is 6.42. The van der Waals surface area contributed by atoms with Gasteiger partial charge in [0.1, 0.15) is 6.61 Å². The molecule has 0 aromatic carbocycles. The largest absolute Gasteiger partial charge is 0.411 e. The molecule has 1 heterocycles. The molecule has 0 atom stereocenters. The van der Waals surface area contributed by atoms with Gasteiger partial charge in [0.15, 0.2) is 5.96 Å². The number of alkyl halides is 3. The van der Waals surface area contributed by atoms with Crippen LogP contribution in [0.25, 0.3) is 0 Å². The van der Waals surface area contributed by atoms with Gasteiger partial charge in [-0.15, -0.1) is 0 Å². The van der Waals surface area contributed by atoms with Crippen LogP contribution < -0.4 is 5.32 Å². The molecule has 0 aromatic heterocycles. The van der Waals surface area contributed by atoms with Gasteiger partial charge in [-0.1, -0.05) is 0 Å². The third kappa shape index (κ3) is 7.80. The normalized spacial score (nSPS) is 19.7. The lowest BCUT2D eigenvalue weighted by molar-refractivity contribution is -0.173. The predicted molar refractivity (Wildman–Crippen MR) is 81.0 cm³/mol. The molecule has 4 nitrogen and oxygen atoms in total. The van der Waals surface area contributed by atoms with Crippen LogP contribution >= 0.6 is 11.8 Å². The van der Waals surface area contributed by atoms with E-state index in [0.717, 1.165) is 24.8 Å². The minimum atomic E-state index is -4.25. The van der Waals surface area contributed by atoms with Gasteiger partial charge in [0, 0.05) is 43.8 Å². The zero-order valence-electron chi connectivity index (χ0n) is 12.8. The van der Waals surface area contributed by atoms with E-state index in [4.69, 9.17) is 0 Å². The summed E-state index contributed by atoms with van der Waals surface area (Å²) >= 11 is 1.94. The maximum Gasteiger partial charge on any atom is 0.411 e. The molecule has 8 heteroatoms. The summed E-state index contributed by atoms with van der Waals surface area (Å²) in [5, 5.41) is 3.18. The first-order valence-corrected chi connectivity index (χ1v) is 7.96. The fraction of sp³-hybridized carbons (Fsp3) is 0.923. The number of hydrogen-bond donors (Lipinski definition) is 1. The number of hydrogen-bond acceptors (Lipinski definition) is 3. The average molecular weight is 327 g/mol. The lowest BCUT2D eigenvalue weighted by atomic mass is 10.2. The van der Waals surface area contributed by atoms with Crippen LogP contribution in [0.5, 0.6) is 0 Å². The molecule has 1 rings (SSSR count). The van der Waals surface area contributed by atoms with Gasteiger partial charge >= 0.3 is 6.18 Å². The Balaban J connectivity index is 2.23. The molecule has 1 fully saturated rings. The van der Waals surface area contributed by atoms with Crippen LogP contribution in [0, 0.1) is 0 Å². The highest BCUT2D eigenvalue weighted by Crippen LogP contribution is 2.29. The zero-order valence-corrected chi connectivity index (χ0v) is 13.6. The van der Waals surface area contributed by atoms with Gasteiger partial charge in [-0.25, -0.2) is 0 Å². The first-order chi connectivity index (χ1) is 9.73. The second-order valence-corrected chi connectivity index (χ2v) is 7.33. The van der Waals surface area contributed by atoms with E-state index in [9.17, 15) is 13.2 Å². The van der Waals surface area contributed by atoms with Crippen molar-refractivity contribution in [1.82, 2.24) is 10.2 Å². The third-order valence-electron chi connectivity index (χ3n) is 2.95. The SMILES string of the molecule is CN=C(NCCCOCC(F)(F)F)N1CCSC(C)(C)C1. The maximum atomic E-state index is 11.9. The van der Waals surface area contributed by atoms with Gasteiger partial charge in [0.05, 0.1) is 0 Å². The molecule has 0 aromatic rings. The maximum absolute atomic E-state index is 11.9. The molecule has 0 amide bonds. The Hall–Kier alpha value is -0.630. The summed E-state index contributed by atoms with van der Waals surface area (Å²) in [7, 11) is 1.72. The van der Waals surface area contributed by atoms with Crippen LogP contribution in [-0.2, 0) is 4.74 Å². The van der Waals surface area contributed by atoms with Crippen molar-refractivity contribution in [3.8, 4) is 0 Å². The number of nitrogens with zero attached hydrogens (tertiary/aromatic N) is 2. The van der Waals surface area contributed by atoms with Crippen molar-refractivity contribution < 1.29 is 17.9 Å². The standard InChI is InChI=1S/C13H24F3N3OS/c1-12(2)9-19(6-8-21-12)11(17-3)18-5-4-7-20-10-13(14,15)16/h4-10H2,1-3H3,(H,17,18). The Bertz CT molecular complexity index is 348. The van der Waals surface area contributed by atoms with Gasteiger partial charge in [-0.2, -0.15) is 24.9 Å². The van der Waals surface area contributed by atoms with Crippen molar-refractivity contribution in [3.05, 3.63) is 0 Å². The van der Waals surface area contributed by atoms with Gasteiger partial charge in [0.2, 0.25) is 0 Å². The quantitative estimate of drug-likeness (QED) is 0.478. The van der Waals surface area contributed by atoms with Crippen molar-refractivity contribution in [1.29, 1.82) is 0 Å². The molecule has 0 radical (unpaired) electrons. The van der Waals surface area contributed by atoms with Gasteiger partial charge in [-0.3, -0.25) is 4.99 Å². The van der Waals surface area contributed by atoms with Crippen LogP contribution in [0.15, 0.2) is 4.99 Å². The molecule has 0 unspecified atom stereocenters. The smallest absolute Gasteiger partial charge is 0.372 e. The number of ether oxygens (including phenoxy) is 1. The summed E-state index contributed by atoms with van der Waals surface area (Å²) in [5.41, 5.74) is 0. The van der Waals surface area contributed by atoms with Crippen LogP contribution in [0.1, 0.15) is 20.3 Å². The number of guanidine groups is 1. The van der Waals surface area contributed by atoms with Gasteiger partial charge < -0.3 is 15.0 Å². The summed E-state index contributed by atoms with van der Waals surface area (Å²) in [5.74, 6) is 1.85. The molecule has 1 aliphatic heterocycles. The first-order valence-electron chi connectivity index (χ1n) is 6.97. The van der Waals surface area contributed by atoms with E-state index in [1.165, 1.54) is 0 Å². The second-order valence-electron chi connectivity index (χ2n) is 5.53. The van der Waals surface area contributed by atoms with E-state index in [-0.39, 0.29) is 11.4 Å². The molecule has 0 saturated carbocycles. The summed E-state index contributed by atoms with van der Waals surface area (Å²) < 4.78 is 40.4. The van der Waals surface area contributed by atoms with Crippen LogP contribution in [0.4, 0.5) is 13.2 Å². The number of aliphatic imine (C=N–C) groups is 1. The highest BCUT2D eigenvalue weighted by atomic mass is 32.2. The van der Waals surface area contributed by atoms with Crippen molar-refractivity contribution in [2.75, 3.05) is 45.6 Å². The van der Waals surface area contributed by atoms with Crippen LogP contribution in [0.2, 0.25) is 0 Å². The van der Waals surface area contributed by atoms with Crippen molar-refractivity contribution in [2.45, 2.75) is 31.2 Å². The van der Waals surface area contributed by atoms with Crippen molar-refractivity contribution >= 4 is 17.7 Å². The van der Waals surface area contributed by atoms with E-state index < -0.39 is 12.8 Å². The number of nitrogens with one attached hydrogen (secondary N) is 1. The Morgan fingerprint density at radius 3 is 2.71 bits per heavy atom. The topological polar surface area (TPSA) is 36.9 Å². The van der Waals surface area contributed by atoms with Crippen molar-refractivity contribution in [3.63, 3.8) is 0 Å². The van der Waals surface area contributed by atoms with Crippen LogP contribution in [0.3, 0.4) is 0 Å². The van der Waals surface area contributed by atoms with Crippen molar-refractivity contribution in [2.24, 2.45) is 4.99 Å². The molecular formula is C13H24F3N3OS. The summed E-state index contributed by atoms with van der Waals surface area (Å²) in [6.07, 6.45) is -3.73. The van der Waals surface area contributed by atoms with E-state index in [0.29, 0.717) is 13.0 Å². The van der Waals surface area contributed by atoms with E-state index in [1.807, 2.05) is 11.8 Å². The fourth-order valence-corrected chi connectivity index (χ4v) is 3.20. The summed E-state index contributed by atoms with van der Waals surface area (Å²) in [6, 6.07) is 0. The fourth-order valence-electron chi connectivity index (χ4n) is 2.09. The monoisotopic (exact) mass is 327 g/mol. The zero-order chi connectivity index (χ0) is 15.9. The van der Waals surface area contributed by atoms with E-state index in [2.05, 4.69) is 33.8 Å². The van der Waals surface area contributed by atoms with Crippen LogP contribution in [-0.4, -0.2) is 67.4 Å². The highest BCUT2D eigenvalue weighted by molar-refractivity contribution is 8.00. The molecule has 0 aliphatic carbocycles. The summed E-state index contributed by atoms with van der Waals surface area (Å²) in [6.45, 7) is 5.68. The Kier molecular flexibility index (Phi) is 7.12. The van der Waals surface area contributed by atoms with E-state index >= 15 is 0 Å². The van der Waals surface area contributed by atoms with Gasteiger partial charge in [0.25, 0.3) is 0 Å². The third-order valence-corrected chi connectivity index (χ3v) is 4.25. The molecule has 0 bridgehead atoms. The number of rotatable bonds is 5. The first kappa shape index (κ1) is 18.4.